The average molecular weight is 357 g/mol. The van der Waals surface area contributed by atoms with Crippen molar-refractivity contribution in [2.24, 2.45) is 10.9 Å². The molecule has 0 saturated heterocycles. The fourth-order valence-corrected chi connectivity index (χ4v) is 4.62. The van der Waals surface area contributed by atoms with Crippen molar-refractivity contribution >= 4 is 17.3 Å². The number of rotatable bonds is 2. The number of fused-ring (bicyclic) bond motifs is 3. The minimum Gasteiger partial charge on any atom is -0.497 e. The molecule has 27 heavy (non-hydrogen) atoms. The van der Waals surface area contributed by atoms with E-state index in [0.29, 0.717) is 12.0 Å². The molecule has 0 saturated carbocycles. The molecule has 0 aromatic heterocycles. The van der Waals surface area contributed by atoms with E-state index in [1.807, 2.05) is 48.5 Å². The van der Waals surface area contributed by atoms with Gasteiger partial charge in [-0.05, 0) is 30.5 Å². The number of ketones is 2. The van der Waals surface area contributed by atoms with Gasteiger partial charge in [0.1, 0.15) is 5.75 Å². The predicted molar refractivity (Wildman–Crippen MR) is 102 cm³/mol. The van der Waals surface area contributed by atoms with Crippen LogP contribution in [0.15, 0.2) is 64.8 Å². The Hall–Kier alpha value is -3.01. The number of hydrogen-bond acceptors (Lipinski definition) is 4. The summed E-state index contributed by atoms with van der Waals surface area (Å²) in [5, 5.41) is 0. The largest absolute Gasteiger partial charge is 0.497 e. The molecule has 0 N–H and O–H groups in total. The molecule has 0 unspecified atom stereocenters. The molecule has 5 rings (SSSR count). The summed E-state index contributed by atoms with van der Waals surface area (Å²) >= 11 is 0. The van der Waals surface area contributed by atoms with Crippen LogP contribution in [0.1, 0.15) is 46.7 Å². The zero-order valence-electron chi connectivity index (χ0n) is 15.1. The number of carbonyl (C=O) groups is 2. The fraction of sp³-hybridized carbons (Fsp3) is 0.261. The molecule has 0 spiro atoms. The van der Waals surface area contributed by atoms with E-state index in [-0.39, 0.29) is 17.5 Å². The van der Waals surface area contributed by atoms with Crippen molar-refractivity contribution in [3.05, 3.63) is 76.5 Å². The number of Topliss-reactive ketones (excluding diaryl/α,β-unsaturated/α-hetero) is 2. The van der Waals surface area contributed by atoms with Crippen LogP contribution in [0.3, 0.4) is 0 Å². The molecule has 4 nitrogen and oxygen atoms in total. The third kappa shape index (κ3) is 2.33. The van der Waals surface area contributed by atoms with Gasteiger partial charge in [-0.15, -0.1) is 0 Å². The molecular weight excluding hydrogens is 338 g/mol. The SMILES string of the molecule is COc1ccc([C@@H]2C3=C(CCCC3=O)N=C3c4ccccc4C(=O)[C@H]32)cc1. The van der Waals surface area contributed by atoms with Crippen LogP contribution in [0.25, 0.3) is 0 Å². The molecule has 4 heteroatoms. The van der Waals surface area contributed by atoms with Gasteiger partial charge in [0.25, 0.3) is 0 Å². The van der Waals surface area contributed by atoms with E-state index < -0.39 is 5.92 Å². The second-order valence-electron chi connectivity index (χ2n) is 7.27. The van der Waals surface area contributed by atoms with E-state index in [9.17, 15) is 9.59 Å². The zero-order valence-corrected chi connectivity index (χ0v) is 15.1. The summed E-state index contributed by atoms with van der Waals surface area (Å²) in [7, 11) is 1.63. The molecule has 0 fully saturated rings. The van der Waals surface area contributed by atoms with E-state index in [1.54, 1.807) is 7.11 Å². The van der Waals surface area contributed by atoms with Gasteiger partial charge in [0.05, 0.1) is 18.7 Å². The summed E-state index contributed by atoms with van der Waals surface area (Å²) in [5.74, 6) is 0.259. The van der Waals surface area contributed by atoms with Gasteiger partial charge in [-0.25, -0.2) is 0 Å². The second-order valence-corrected chi connectivity index (χ2v) is 7.27. The van der Waals surface area contributed by atoms with Crippen molar-refractivity contribution in [1.29, 1.82) is 0 Å². The van der Waals surface area contributed by atoms with Crippen LogP contribution in [-0.2, 0) is 4.79 Å². The number of methoxy groups -OCH3 is 1. The van der Waals surface area contributed by atoms with Crippen LogP contribution in [0, 0.1) is 5.92 Å². The maximum Gasteiger partial charge on any atom is 0.173 e. The lowest BCUT2D eigenvalue weighted by atomic mass is 9.71. The maximum absolute atomic E-state index is 13.3. The highest BCUT2D eigenvalue weighted by atomic mass is 16.5. The molecule has 0 bridgehead atoms. The molecule has 0 amide bonds. The lowest BCUT2D eigenvalue weighted by Gasteiger charge is -2.33. The van der Waals surface area contributed by atoms with Crippen LogP contribution in [-0.4, -0.2) is 24.4 Å². The van der Waals surface area contributed by atoms with Crippen molar-refractivity contribution in [3.63, 3.8) is 0 Å². The van der Waals surface area contributed by atoms with Gasteiger partial charge < -0.3 is 4.74 Å². The van der Waals surface area contributed by atoms with E-state index in [4.69, 9.17) is 9.73 Å². The average Bonchev–Trinajstić information content (AvgIpc) is 2.99. The highest BCUT2D eigenvalue weighted by Gasteiger charge is 2.48. The van der Waals surface area contributed by atoms with Gasteiger partial charge in [-0.1, -0.05) is 36.4 Å². The monoisotopic (exact) mass is 357 g/mol. The summed E-state index contributed by atoms with van der Waals surface area (Å²) in [4.78, 5) is 31.0. The number of allylic oxidation sites excluding steroid dienone is 2. The lowest BCUT2D eigenvalue weighted by Crippen LogP contribution is -2.33. The summed E-state index contributed by atoms with van der Waals surface area (Å²) < 4.78 is 5.27. The Balaban J connectivity index is 1.73. The highest BCUT2D eigenvalue weighted by molar-refractivity contribution is 6.30. The number of benzene rings is 2. The third-order valence-corrected chi connectivity index (χ3v) is 5.85. The number of hydrogen-bond donors (Lipinski definition) is 0. The van der Waals surface area contributed by atoms with Gasteiger partial charge in [0.15, 0.2) is 11.6 Å². The standard InChI is InChI=1S/C23H19NO3/c1-27-14-11-9-13(10-12-14)19-20-17(7-4-8-18(20)25)24-22-15-5-2-3-6-16(15)23(26)21(19)22/h2-3,5-6,9-12,19,21H,4,7-8H2,1H3/t19-,21+/m1/s1. The summed E-state index contributed by atoms with van der Waals surface area (Å²) in [5.41, 5.74) is 5.02. The van der Waals surface area contributed by atoms with Crippen LogP contribution < -0.4 is 4.74 Å². The Morgan fingerprint density at radius 2 is 1.67 bits per heavy atom. The van der Waals surface area contributed by atoms with Crippen molar-refractivity contribution in [2.45, 2.75) is 25.2 Å². The predicted octanol–water partition coefficient (Wildman–Crippen LogP) is 4.10. The number of aliphatic imine (C=N–C) groups is 1. The lowest BCUT2D eigenvalue weighted by molar-refractivity contribution is -0.116. The molecule has 1 aliphatic heterocycles. The van der Waals surface area contributed by atoms with Gasteiger partial charge in [-0.3, -0.25) is 14.6 Å². The van der Waals surface area contributed by atoms with Crippen LogP contribution in [0.5, 0.6) is 5.75 Å². The van der Waals surface area contributed by atoms with Crippen molar-refractivity contribution in [2.75, 3.05) is 7.11 Å². The van der Waals surface area contributed by atoms with Crippen LogP contribution in [0.4, 0.5) is 0 Å². The highest BCUT2D eigenvalue weighted by Crippen LogP contribution is 2.48. The number of carbonyl (C=O) groups excluding carboxylic acids is 2. The minimum atomic E-state index is -0.420. The first kappa shape index (κ1) is 16.2. The summed E-state index contributed by atoms with van der Waals surface area (Å²) in [6, 6.07) is 15.4. The Bertz CT molecular complexity index is 1030. The molecule has 2 aromatic carbocycles. The normalized spacial score (nSPS) is 23.5. The van der Waals surface area contributed by atoms with Crippen molar-refractivity contribution in [3.8, 4) is 5.75 Å². The number of ether oxygens (including phenoxy) is 1. The maximum atomic E-state index is 13.3. The Morgan fingerprint density at radius 1 is 0.926 bits per heavy atom. The third-order valence-electron chi connectivity index (χ3n) is 5.85. The molecule has 2 aromatic rings. The van der Waals surface area contributed by atoms with E-state index in [2.05, 4.69) is 0 Å². The second kappa shape index (κ2) is 6.02. The van der Waals surface area contributed by atoms with Gasteiger partial charge in [-0.2, -0.15) is 0 Å². The zero-order chi connectivity index (χ0) is 18.5. The molecule has 134 valence electrons. The summed E-state index contributed by atoms with van der Waals surface area (Å²) in [6.07, 6.45) is 2.15. The van der Waals surface area contributed by atoms with Crippen LogP contribution >= 0.6 is 0 Å². The quantitative estimate of drug-likeness (QED) is 0.813. The number of nitrogens with zero attached hydrogens (tertiary/aromatic N) is 1. The molecule has 1 heterocycles. The van der Waals surface area contributed by atoms with E-state index in [1.165, 1.54) is 0 Å². The van der Waals surface area contributed by atoms with E-state index in [0.717, 1.165) is 46.7 Å². The van der Waals surface area contributed by atoms with Crippen LogP contribution in [0.2, 0.25) is 0 Å². The van der Waals surface area contributed by atoms with Gasteiger partial charge >= 0.3 is 0 Å². The molecule has 2 atom stereocenters. The first-order valence-electron chi connectivity index (χ1n) is 9.31. The first-order valence-corrected chi connectivity index (χ1v) is 9.31. The first-order chi connectivity index (χ1) is 13.2. The molecular formula is C23H19NO3. The Kier molecular flexibility index (Phi) is 3.61. The van der Waals surface area contributed by atoms with Gasteiger partial charge in [0, 0.05) is 34.7 Å². The van der Waals surface area contributed by atoms with Crippen molar-refractivity contribution in [1.82, 2.24) is 0 Å². The summed E-state index contributed by atoms with van der Waals surface area (Å²) in [6.45, 7) is 0. The van der Waals surface area contributed by atoms with Crippen molar-refractivity contribution < 1.29 is 14.3 Å². The minimum absolute atomic E-state index is 0.0649. The topological polar surface area (TPSA) is 55.7 Å². The van der Waals surface area contributed by atoms with Gasteiger partial charge in [0.2, 0.25) is 0 Å². The van der Waals surface area contributed by atoms with E-state index >= 15 is 0 Å². The fourth-order valence-electron chi connectivity index (χ4n) is 4.62. The Labute approximate surface area is 157 Å². The molecule has 0 radical (unpaired) electrons. The smallest absolute Gasteiger partial charge is 0.173 e. The molecule has 3 aliphatic rings. The Morgan fingerprint density at radius 3 is 2.41 bits per heavy atom. The molecule has 2 aliphatic carbocycles.